The van der Waals surface area contributed by atoms with Gasteiger partial charge in [-0.1, -0.05) is 20.8 Å². The smallest absolute Gasteiger partial charge is 0.0716 e. The quantitative estimate of drug-likeness (QED) is 0.818. The first kappa shape index (κ1) is 15.3. The molecule has 0 aliphatic heterocycles. The van der Waals surface area contributed by atoms with Crippen LogP contribution in [0.4, 0.5) is 0 Å². The molecule has 0 radical (unpaired) electrons. The summed E-state index contributed by atoms with van der Waals surface area (Å²) in [7, 11) is 0. The van der Waals surface area contributed by atoms with Crippen LogP contribution < -0.4 is 5.73 Å². The summed E-state index contributed by atoms with van der Waals surface area (Å²) in [5.74, 6) is 2.39. The zero-order valence-corrected chi connectivity index (χ0v) is 13.1. The third-order valence-electron chi connectivity index (χ3n) is 6.41. The number of hydrogen-bond donors (Lipinski definition) is 2. The lowest BCUT2D eigenvalue weighted by Gasteiger charge is -2.53. The van der Waals surface area contributed by atoms with Gasteiger partial charge in [-0.2, -0.15) is 0 Å². The van der Waals surface area contributed by atoms with Gasteiger partial charge in [0.15, 0.2) is 0 Å². The number of rotatable bonds is 3. The SMILES string of the molecule is CC1CCC(O)(C2(CN)CCC(C(C)C)CC2)CC1. The van der Waals surface area contributed by atoms with Gasteiger partial charge >= 0.3 is 0 Å². The Bertz CT molecular complexity index is 284. The molecule has 112 valence electrons. The predicted octanol–water partition coefficient (Wildman–Crippen LogP) is 3.72. The van der Waals surface area contributed by atoms with Crippen molar-refractivity contribution in [2.45, 2.75) is 77.7 Å². The van der Waals surface area contributed by atoms with Crippen molar-refractivity contribution < 1.29 is 5.11 Å². The maximum absolute atomic E-state index is 11.2. The second-order valence-electron chi connectivity index (χ2n) is 7.78. The highest BCUT2D eigenvalue weighted by Gasteiger charge is 2.51. The first-order chi connectivity index (χ1) is 8.92. The van der Waals surface area contributed by atoms with E-state index in [1.54, 1.807) is 0 Å². The summed E-state index contributed by atoms with van der Waals surface area (Å²) < 4.78 is 0. The van der Waals surface area contributed by atoms with Gasteiger partial charge < -0.3 is 10.8 Å². The first-order valence-electron chi connectivity index (χ1n) is 8.35. The normalized spacial score (nSPS) is 44.5. The minimum Gasteiger partial charge on any atom is -0.389 e. The van der Waals surface area contributed by atoms with Crippen molar-refractivity contribution in [3.05, 3.63) is 0 Å². The number of aliphatic hydroxyl groups is 1. The van der Waals surface area contributed by atoms with Gasteiger partial charge in [0.05, 0.1) is 5.60 Å². The molecule has 2 aliphatic carbocycles. The monoisotopic (exact) mass is 267 g/mol. The van der Waals surface area contributed by atoms with Gasteiger partial charge in [-0.3, -0.25) is 0 Å². The van der Waals surface area contributed by atoms with Crippen LogP contribution in [-0.4, -0.2) is 17.3 Å². The zero-order valence-electron chi connectivity index (χ0n) is 13.1. The topological polar surface area (TPSA) is 46.2 Å². The molecule has 19 heavy (non-hydrogen) atoms. The second-order valence-corrected chi connectivity index (χ2v) is 7.78. The summed E-state index contributed by atoms with van der Waals surface area (Å²) >= 11 is 0. The molecule has 2 rings (SSSR count). The van der Waals surface area contributed by atoms with Gasteiger partial charge in [0.25, 0.3) is 0 Å². The molecule has 0 unspecified atom stereocenters. The van der Waals surface area contributed by atoms with E-state index in [2.05, 4.69) is 20.8 Å². The molecule has 0 aromatic heterocycles. The average Bonchev–Trinajstić information content (AvgIpc) is 2.42. The van der Waals surface area contributed by atoms with Crippen molar-refractivity contribution >= 4 is 0 Å². The summed E-state index contributed by atoms with van der Waals surface area (Å²) in [6.45, 7) is 7.64. The summed E-state index contributed by atoms with van der Waals surface area (Å²) in [5.41, 5.74) is 5.69. The molecular formula is C17H33NO. The van der Waals surface area contributed by atoms with Gasteiger partial charge in [0.1, 0.15) is 0 Å². The van der Waals surface area contributed by atoms with Crippen LogP contribution in [0.3, 0.4) is 0 Å². The number of nitrogens with two attached hydrogens (primary N) is 1. The molecule has 2 saturated carbocycles. The van der Waals surface area contributed by atoms with E-state index in [9.17, 15) is 5.11 Å². The average molecular weight is 267 g/mol. The molecule has 2 fully saturated rings. The summed E-state index contributed by atoms with van der Waals surface area (Å²) in [6.07, 6.45) is 9.07. The fourth-order valence-electron chi connectivity index (χ4n) is 4.49. The van der Waals surface area contributed by atoms with Crippen LogP contribution in [0.1, 0.15) is 72.1 Å². The van der Waals surface area contributed by atoms with Crippen molar-refractivity contribution in [1.29, 1.82) is 0 Å². The van der Waals surface area contributed by atoms with Crippen LogP contribution in [0.2, 0.25) is 0 Å². The molecule has 3 N–H and O–H groups in total. The van der Waals surface area contributed by atoms with Crippen LogP contribution in [0.15, 0.2) is 0 Å². The minimum atomic E-state index is -0.476. The number of hydrogen-bond acceptors (Lipinski definition) is 2. The van der Waals surface area contributed by atoms with E-state index in [0.717, 1.165) is 43.4 Å². The molecule has 2 heteroatoms. The Hall–Kier alpha value is -0.0800. The van der Waals surface area contributed by atoms with Crippen molar-refractivity contribution in [2.75, 3.05) is 6.54 Å². The zero-order chi connectivity index (χ0) is 14.1. The Morgan fingerprint density at radius 2 is 1.58 bits per heavy atom. The van der Waals surface area contributed by atoms with E-state index in [1.807, 2.05) is 0 Å². The summed E-state index contributed by atoms with van der Waals surface area (Å²) in [6, 6.07) is 0. The Labute approximate surface area is 119 Å². The largest absolute Gasteiger partial charge is 0.389 e. The van der Waals surface area contributed by atoms with Crippen molar-refractivity contribution in [3.8, 4) is 0 Å². The van der Waals surface area contributed by atoms with Crippen LogP contribution in [0.5, 0.6) is 0 Å². The van der Waals surface area contributed by atoms with E-state index in [-0.39, 0.29) is 5.41 Å². The van der Waals surface area contributed by atoms with Crippen LogP contribution in [0, 0.1) is 23.2 Å². The van der Waals surface area contributed by atoms with E-state index in [0.29, 0.717) is 6.54 Å². The highest BCUT2D eigenvalue weighted by molar-refractivity contribution is 5.03. The minimum absolute atomic E-state index is 0.0124. The van der Waals surface area contributed by atoms with Gasteiger partial charge in [-0.25, -0.2) is 0 Å². The van der Waals surface area contributed by atoms with Gasteiger partial charge in [-0.05, 0) is 69.1 Å². The van der Waals surface area contributed by atoms with Gasteiger partial charge in [-0.15, -0.1) is 0 Å². The highest BCUT2D eigenvalue weighted by atomic mass is 16.3. The Kier molecular flexibility index (Phi) is 4.62. The molecule has 0 aromatic carbocycles. The van der Waals surface area contributed by atoms with E-state index in [1.165, 1.54) is 25.7 Å². The predicted molar refractivity (Wildman–Crippen MR) is 80.9 cm³/mol. The van der Waals surface area contributed by atoms with Gasteiger partial charge in [0, 0.05) is 12.0 Å². The molecule has 0 atom stereocenters. The molecule has 2 nitrogen and oxygen atoms in total. The van der Waals surface area contributed by atoms with Crippen LogP contribution in [-0.2, 0) is 0 Å². The molecule has 0 bridgehead atoms. The lowest BCUT2D eigenvalue weighted by atomic mass is 9.56. The molecule has 0 heterocycles. The maximum atomic E-state index is 11.2. The lowest BCUT2D eigenvalue weighted by Crippen LogP contribution is -2.56. The lowest BCUT2D eigenvalue weighted by molar-refractivity contribution is -0.133. The Morgan fingerprint density at radius 3 is 2.00 bits per heavy atom. The summed E-state index contributed by atoms with van der Waals surface area (Å²) in [4.78, 5) is 0. The standard InChI is InChI=1S/C17H33NO/c1-13(2)15-6-8-16(12-18,9-7-15)17(19)10-4-14(3)5-11-17/h13-15,19H,4-12,18H2,1-3H3. The van der Waals surface area contributed by atoms with Crippen molar-refractivity contribution in [1.82, 2.24) is 0 Å². The molecule has 0 amide bonds. The van der Waals surface area contributed by atoms with Crippen LogP contribution in [0.25, 0.3) is 0 Å². The van der Waals surface area contributed by atoms with Gasteiger partial charge in [0.2, 0.25) is 0 Å². The molecule has 0 aromatic rings. The van der Waals surface area contributed by atoms with E-state index >= 15 is 0 Å². The summed E-state index contributed by atoms with van der Waals surface area (Å²) in [5, 5.41) is 11.2. The third kappa shape index (κ3) is 2.85. The molecule has 0 saturated heterocycles. The highest BCUT2D eigenvalue weighted by Crippen LogP contribution is 2.52. The first-order valence-corrected chi connectivity index (χ1v) is 8.35. The Balaban J connectivity index is 2.07. The molecular weight excluding hydrogens is 234 g/mol. The van der Waals surface area contributed by atoms with Crippen LogP contribution >= 0.6 is 0 Å². The van der Waals surface area contributed by atoms with Crippen molar-refractivity contribution in [2.24, 2.45) is 28.9 Å². The van der Waals surface area contributed by atoms with E-state index in [4.69, 9.17) is 5.73 Å². The van der Waals surface area contributed by atoms with E-state index < -0.39 is 5.60 Å². The fourth-order valence-corrected chi connectivity index (χ4v) is 4.49. The van der Waals surface area contributed by atoms with Crippen molar-refractivity contribution in [3.63, 3.8) is 0 Å². The Morgan fingerprint density at radius 1 is 1.05 bits per heavy atom. The molecule has 2 aliphatic rings. The maximum Gasteiger partial charge on any atom is 0.0716 e. The third-order valence-corrected chi connectivity index (χ3v) is 6.41. The second kappa shape index (κ2) is 5.73. The fraction of sp³-hybridized carbons (Fsp3) is 1.00. The molecule has 0 spiro atoms.